The standard InChI is InChI=1S/C10H12N2OS2/c1-6-5-14-10(12-6)3-8(13)9-4-11-7(2)15-9/h4-5,8,13H,3H2,1-2H3. The molecule has 1 N–H and O–H groups in total. The first kappa shape index (κ1) is 10.7. The van der Waals surface area contributed by atoms with E-state index in [1.807, 2.05) is 19.2 Å². The molecule has 80 valence electrons. The van der Waals surface area contributed by atoms with Gasteiger partial charge in [-0.2, -0.15) is 0 Å². The number of thiazole rings is 2. The fourth-order valence-electron chi connectivity index (χ4n) is 1.29. The smallest absolute Gasteiger partial charge is 0.0961 e. The van der Waals surface area contributed by atoms with Crippen molar-refractivity contribution in [2.24, 2.45) is 0 Å². The molecule has 0 bridgehead atoms. The number of nitrogens with zero attached hydrogens (tertiary/aromatic N) is 2. The summed E-state index contributed by atoms with van der Waals surface area (Å²) in [6.07, 6.45) is 1.85. The first-order valence-electron chi connectivity index (χ1n) is 4.66. The highest BCUT2D eigenvalue weighted by molar-refractivity contribution is 7.11. The number of aromatic nitrogens is 2. The molecule has 0 fully saturated rings. The summed E-state index contributed by atoms with van der Waals surface area (Å²) in [5.41, 5.74) is 1.02. The molecule has 3 nitrogen and oxygen atoms in total. The van der Waals surface area contributed by atoms with Gasteiger partial charge in [-0.1, -0.05) is 0 Å². The van der Waals surface area contributed by atoms with Gasteiger partial charge < -0.3 is 5.11 Å². The predicted octanol–water partition coefficient (Wildman–Crippen LogP) is 2.49. The van der Waals surface area contributed by atoms with Crippen LogP contribution in [0.5, 0.6) is 0 Å². The summed E-state index contributed by atoms with van der Waals surface area (Å²) < 4.78 is 0. The summed E-state index contributed by atoms with van der Waals surface area (Å²) in [6, 6.07) is 0. The minimum atomic E-state index is -0.471. The molecule has 0 saturated heterocycles. The second-order valence-electron chi connectivity index (χ2n) is 3.38. The van der Waals surface area contributed by atoms with Gasteiger partial charge in [0.05, 0.1) is 21.0 Å². The number of aryl methyl sites for hydroxylation is 2. The third-order valence-corrected chi connectivity index (χ3v) is 4.01. The van der Waals surface area contributed by atoms with Crippen LogP contribution in [0.25, 0.3) is 0 Å². The topological polar surface area (TPSA) is 46.0 Å². The third kappa shape index (κ3) is 2.62. The van der Waals surface area contributed by atoms with Crippen LogP contribution >= 0.6 is 22.7 Å². The van der Waals surface area contributed by atoms with Crippen molar-refractivity contribution in [2.75, 3.05) is 0 Å². The molecule has 2 aromatic heterocycles. The molecular weight excluding hydrogens is 228 g/mol. The Bertz CT molecular complexity index is 450. The Kier molecular flexibility index (Phi) is 3.14. The van der Waals surface area contributed by atoms with Crippen LogP contribution in [0.4, 0.5) is 0 Å². The molecule has 0 aliphatic heterocycles. The van der Waals surface area contributed by atoms with E-state index in [-0.39, 0.29) is 0 Å². The molecule has 0 aromatic carbocycles. The van der Waals surface area contributed by atoms with Crippen LogP contribution in [-0.2, 0) is 6.42 Å². The Morgan fingerprint density at radius 2 is 2.27 bits per heavy atom. The van der Waals surface area contributed by atoms with Gasteiger partial charge >= 0.3 is 0 Å². The van der Waals surface area contributed by atoms with Crippen molar-refractivity contribution in [3.05, 3.63) is 32.2 Å². The molecule has 2 rings (SSSR count). The first-order chi connectivity index (χ1) is 7.15. The fourth-order valence-corrected chi connectivity index (χ4v) is 2.88. The van der Waals surface area contributed by atoms with E-state index in [0.29, 0.717) is 6.42 Å². The Hall–Kier alpha value is -0.780. The zero-order chi connectivity index (χ0) is 10.8. The van der Waals surface area contributed by atoms with Gasteiger partial charge in [0.15, 0.2) is 0 Å². The van der Waals surface area contributed by atoms with Crippen molar-refractivity contribution >= 4 is 22.7 Å². The number of rotatable bonds is 3. The SMILES string of the molecule is Cc1csc(CC(O)c2cnc(C)s2)n1. The van der Waals surface area contributed by atoms with Crippen LogP contribution < -0.4 is 0 Å². The normalized spacial score (nSPS) is 13.0. The number of hydrogen-bond acceptors (Lipinski definition) is 5. The lowest BCUT2D eigenvalue weighted by atomic mass is 10.2. The van der Waals surface area contributed by atoms with Crippen molar-refractivity contribution in [1.29, 1.82) is 0 Å². The number of aliphatic hydroxyl groups is 1. The summed E-state index contributed by atoms with van der Waals surface area (Å²) in [5, 5.41) is 13.9. The van der Waals surface area contributed by atoms with Gasteiger partial charge in [-0.15, -0.1) is 22.7 Å². The predicted molar refractivity (Wildman–Crippen MR) is 62.4 cm³/mol. The molecule has 2 heterocycles. The second-order valence-corrected chi connectivity index (χ2v) is 5.59. The van der Waals surface area contributed by atoms with Crippen molar-refractivity contribution in [3.63, 3.8) is 0 Å². The monoisotopic (exact) mass is 240 g/mol. The molecule has 2 aromatic rings. The highest BCUT2D eigenvalue weighted by atomic mass is 32.1. The van der Waals surface area contributed by atoms with Crippen molar-refractivity contribution in [2.45, 2.75) is 26.4 Å². The van der Waals surface area contributed by atoms with Crippen LogP contribution in [0, 0.1) is 13.8 Å². The van der Waals surface area contributed by atoms with E-state index in [1.54, 1.807) is 17.5 Å². The molecule has 5 heteroatoms. The maximum absolute atomic E-state index is 9.93. The zero-order valence-corrected chi connectivity index (χ0v) is 10.2. The Morgan fingerprint density at radius 1 is 1.47 bits per heavy atom. The summed E-state index contributed by atoms with van der Waals surface area (Å²) in [5.74, 6) is 0. The maximum Gasteiger partial charge on any atom is 0.0961 e. The molecule has 0 radical (unpaired) electrons. The minimum Gasteiger partial charge on any atom is -0.387 e. The average molecular weight is 240 g/mol. The third-order valence-electron chi connectivity index (χ3n) is 2.00. The molecule has 1 atom stereocenters. The van der Waals surface area contributed by atoms with Gasteiger partial charge in [-0.05, 0) is 13.8 Å². The molecule has 1 unspecified atom stereocenters. The lowest BCUT2D eigenvalue weighted by Crippen LogP contribution is -1.99. The summed E-state index contributed by atoms with van der Waals surface area (Å²) in [6.45, 7) is 3.90. The quantitative estimate of drug-likeness (QED) is 0.896. The molecule has 0 saturated carbocycles. The van der Waals surface area contributed by atoms with Crippen LogP contribution in [0.3, 0.4) is 0 Å². The largest absolute Gasteiger partial charge is 0.387 e. The molecule has 0 aliphatic rings. The maximum atomic E-state index is 9.93. The molecule has 15 heavy (non-hydrogen) atoms. The number of hydrogen-bond donors (Lipinski definition) is 1. The first-order valence-corrected chi connectivity index (χ1v) is 6.36. The van der Waals surface area contributed by atoms with Gasteiger partial charge in [-0.3, -0.25) is 0 Å². The highest BCUT2D eigenvalue weighted by Gasteiger charge is 2.13. The van der Waals surface area contributed by atoms with Crippen molar-refractivity contribution in [1.82, 2.24) is 9.97 Å². The van der Waals surface area contributed by atoms with Gasteiger partial charge in [0.1, 0.15) is 0 Å². The van der Waals surface area contributed by atoms with E-state index >= 15 is 0 Å². The Morgan fingerprint density at radius 3 is 2.80 bits per heavy atom. The van der Waals surface area contributed by atoms with E-state index < -0.39 is 6.10 Å². The van der Waals surface area contributed by atoms with E-state index in [0.717, 1.165) is 20.6 Å². The van der Waals surface area contributed by atoms with Crippen molar-refractivity contribution < 1.29 is 5.11 Å². The summed E-state index contributed by atoms with van der Waals surface area (Å²) >= 11 is 3.13. The lowest BCUT2D eigenvalue weighted by molar-refractivity contribution is 0.182. The summed E-state index contributed by atoms with van der Waals surface area (Å²) in [4.78, 5) is 9.37. The van der Waals surface area contributed by atoms with Gasteiger partial charge in [0, 0.05) is 23.7 Å². The average Bonchev–Trinajstić information content (AvgIpc) is 2.75. The van der Waals surface area contributed by atoms with E-state index in [4.69, 9.17) is 0 Å². The van der Waals surface area contributed by atoms with Crippen LogP contribution in [0.2, 0.25) is 0 Å². The van der Waals surface area contributed by atoms with Gasteiger partial charge in [0.2, 0.25) is 0 Å². The van der Waals surface area contributed by atoms with E-state index in [9.17, 15) is 5.11 Å². The second kappa shape index (κ2) is 4.38. The van der Waals surface area contributed by atoms with Crippen LogP contribution in [-0.4, -0.2) is 15.1 Å². The highest BCUT2D eigenvalue weighted by Crippen LogP contribution is 2.24. The number of aliphatic hydroxyl groups excluding tert-OH is 1. The van der Waals surface area contributed by atoms with Crippen molar-refractivity contribution in [3.8, 4) is 0 Å². The van der Waals surface area contributed by atoms with Crippen LogP contribution in [0.15, 0.2) is 11.6 Å². The minimum absolute atomic E-state index is 0.471. The van der Waals surface area contributed by atoms with Gasteiger partial charge in [-0.25, -0.2) is 9.97 Å². The Labute approximate surface area is 96.5 Å². The molecule has 0 spiro atoms. The van der Waals surface area contributed by atoms with E-state index in [2.05, 4.69) is 9.97 Å². The molecule has 0 amide bonds. The molecular formula is C10H12N2OS2. The zero-order valence-electron chi connectivity index (χ0n) is 8.60. The Balaban J connectivity index is 2.06. The van der Waals surface area contributed by atoms with Gasteiger partial charge in [0.25, 0.3) is 0 Å². The summed E-state index contributed by atoms with van der Waals surface area (Å²) in [7, 11) is 0. The fraction of sp³-hybridized carbons (Fsp3) is 0.400. The van der Waals surface area contributed by atoms with Crippen LogP contribution in [0.1, 0.15) is 26.7 Å². The van der Waals surface area contributed by atoms with E-state index in [1.165, 1.54) is 11.3 Å². The molecule has 0 aliphatic carbocycles. The lowest BCUT2D eigenvalue weighted by Gasteiger charge is -2.04.